The predicted molar refractivity (Wildman–Crippen MR) is 65.2 cm³/mol. The summed E-state index contributed by atoms with van der Waals surface area (Å²) in [5.74, 6) is 0.750. The number of nitrogens with one attached hydrogen (secondary N) is 1. The Morgan fingerprint density at radius 2 is 2.50 bits per heavy atom. The van der Waals surface area contributed by atoms with Crippen LogP contribution in [0.5, 0.6) is 0 Å². The largest absolute Gasteiger partial charge is 0.307 e. The first kappa shape index (κ1) is 11.6. The van der Waals surface area contributed by atoms with E-state index >= 15 is 0 Å². The van der Waals surface area contributed by atoms with Gasteiger partial charge in [-0.25, -0.2) is 4.98 Å². The van der Waals surface area contributed by atoms with Crippen LogP contribution in [-0.4, -0.2) is 11.0 Å². The molecule has 86 valence electrons. The molecular formula is C12H17N3S. The van der Waals surface area contributed by atoms with Gasteiger partial charge >= 0.3 is 0 Å². The Hall–Kier alpha value is -0.920. The Kier molecular flexibility index (Phi) is 3.92. The molecule has 16 heavy (non-hydrogen) atoms. The van der Waals surface area contributed by atoms with Crippen LogP contribution >= 0.6 is 11.3 Å². The molecule has 0 radical (unpaired) electrons. The highest BCUT2D eigenvalue weighted by molar-refractivity contribution is 7.09. The lowest BCUT2D eigenvalue weighted by molar-refractivity contribution is 0.501. The van der Waals surface area contributed by atoms with E-state index in [0.29, 0.717) is 12.5 Å². The van der Waals surface area contributed by atoms with Crippen LogP contribution in [-0.2, 0) is 6.54 Å². The van der Waals surface area contributed by atoms with Crippen molar-refractivity contribution in [3.05, 3.63) is 16.1 Å². The number of nitrogens with zero attached hydrogens (tertiary/aromatic N) is 2. The van der Waals surface area contributed by atoms with Crippen molar-refractivity contribution in [3.8, 4) is 6.07 Å². The molecule has 1 aliphatic carbocycles. The minimum absolute atomic E-state index is 0.302. The first-order valence-corrected chi connectivity index (χ1v) is 6.76. The maximum Gasteiger partial charge on any atom is 0.0959 e. The minimum atomic E-state index is 0.302. The summed E-state index contributed by atoms with van der Waals surface area (Å²) in [4.78, 5) is 4.61. The fourth-order valence-electron chi connectivity index (χ4n) is 1.64. The molecule has 1 aromatic rings. The van der Waals surface area contributed by atoms with Gasteiger partial charge in [-0.15, -0.1) is 11.3 Å². The number of thiazole rings is 1. The molecule has 3 nitrogen and oxygen atoms in total. The molecule has 1 heterocycles. The van der Waals surface area contributed by atoms with Crippen LogP contribution in [0.3, 0.4) is 0 Å². The maximum absolute atomic E-state index is 8.65. The molecule has 1 aliphatic rings. The van der Waals surface area contributed by atoms with Crippen LogP contribution in [0.2, 0.25) is 0 Å². The molecule has 1 fully saturated rings. The average molecular weight is 235 g/mol. The Morgan fingerprint density at radius 3 is 3.12 bits per heavy atom. The van der Waals surface area contributed by atoms with Gasteiger partial charge in [0.1, 0.15) is 0 Å². The minimum Gasteiger partial charge on any atom is -0.307 e. The number of nitriles is 1. The molecule has 1 unspecified atom stereocenters. The van der Waals surface area contributed by atoms with E-state index in [0.717, 1.165) is 24.6 Å². The summed E-state index contributed by atoms with van der Waals surface area (Å²) in [5, 5.41) is 15.5. The molecule has 0 bridgehead atoms. The molecule has 1 atom stereocenters. The summed E-state index contributed by atoms with van der Waals surface area (Å²) in [6.07, 6.45) is 4.20. The lowest BCUT2D eigenvalue weighted by Gasteiger charge is -2.11. The fraction of sp³-hybridized carbons (Fsp3) is 0.667. The van der Waals surface area contributed by atoms with Crippen molar-refractivity contribution in [2.45, 2.75) is 51.1 Å². The van der Waals surface area contributed by atoms with Gasteiger partial charge in [0, 0.05) is 23.9 Å². The molecule has 1 N–H and O–H groups in total. The number of hydrogen-bond acceptors (Lipinski definition) is 4. The van der Waals surface area contributed by atoms with Crippen molar-refractivity contribution in [2.75, 3.05) is 0 Å². The lowest BCUT2D eigenvalue weighted by atomic mass is 10.1. The van der Waals surface area contributed by atoms with Gasteiger partial charge in [0.05, 0.1) is 23.2 Å². The van der Waals surface area contributed by atoms with Gasteiger partial charge in [0.25, 0.3) is 0 Å². The molecule has 0 saturated heterocycles. The molecule has 0 amide bonds. The molecule has 0 aliphatic heterocycles. The average Bonchev–Trinajstić information content (AvgIpc) is 3.04. The molecule has 1 saturated carbocycles. The third-order valence-electron chi connectivity index (χ3n) is 2.90. The highest BCUT2D eigenvalue weighted by atomic mass is 32.1. The van der Waals surface area contributed by atoms with Crippen LogP contribution < -0.4 is 5.32 Å². The lowest BCUT2D eigenvalue weighted by Crippen LogP contribution is -2.27. The second-order valence-electron chi connectivity index (χ2n) is 4.30. The first-order valence-electron chi connectivity index (χ1n) is 5.88. The summed E-state index contributed by atoms with van der Waals surface area (Å²) < 4.78 is 0. The third kappa shape index (κ3) is 3.03. The zero-order valence-electron chi connectivity index (χ0n) is 9.57. The van der Waals surface area contributed by atoms with Gasteiger partial charge in [-0.05, 0) is 19.3 Å². The van der Waals surface area contributed by atoms with Crippen LogP contribution in [0, 0.1) is 11.3 Å². The van der Waals surface area contributed by atoms with Crippen molar-refractivity contribution in [3.63, 3.8) is 0 Å². The SMILES string of the molecule is CCC(CC#N)NCc1csc(C2CC2)n1. The van der Waals surface area contributed by atoms with E-state index in [-0.39, 0.29) is 0 Å². The Morgan fingerprint density at radius 1 is 1.69 bits per heavy atom. The highest BCUT2D eigenvalue weighted by Gasteiger charge is 2.26. The normalized spacial score (nSPS) is 17.0. The van der Waals surface area contributed by atoms with E-state index < -0.39 is 0 Å². The fourth-order valence-corrected chi connectivity index (χ4v) is 2.63. The maximum atomic E-state index is 8.65. The van der Waals surface area contributed by atoms with Crippen LogP contribution in [0.15, 0.2) is 5.38 Å². The standard InChI is InChI=1S/C12H17N3S/c1-2-10(5-6-13)14-7-11-8-16-12(15-11)9-3-4-9/h8-10,14H,2-5,7H2,1H3. The van der Waals surface area contributed by atoms with Gasteiger partial charge in [-0.2, -0.15) is 5.26 Å². The summed E-state index contributed by atoms with van der Waals surface area (Å²) in [5.41, 5.74) is 1.13. The summed E-state index contributed by atoms with van der Waals surface area (Å²) in [7, 11) is 0. The first-order chi connectivity index (χ1) is 7.83. The smallest absolute Gasteiger partial charge is 0.0959 e. The van der Waals surface area contributed by atoms with Gasteiger partial charge in [0.15, 0.2) is 0 Å². The van der Waals surface area contributed by atoms with Crippen LogP contribution in [0.4, 0.5) is 0 Å². The van der Waals surface area contributed by atoms with Crippen LogP contribution in [0.25, 0.3) is 0 Å². The molecule has 0 aromatic carbocycles. The zero-order chi connectivity index (χ0) is 11.4. The summed E-state index contributed by atoms with van der Waals surface area (Å²) >= 11 is 1.78. The van der Waals surface area contributed by atoms with E-state index in [9.17, 15) is 0 Å². The summed E-state index contributed by atoms with van der Waals surface area (Å²) in [6.45, 7) is 2.90. The Balaban J connectivity index is 1.81. The van der Waals surface area contributed by atoms with Gasteiger partial charge < -0.3 is 5.32 Å². The monoisotopic (exact) mass is 235 g/mol. The van der Waals surface area contributed by atoms with E-state index in [1.54, 1.807) is 11.3 Å². The second kappa shape index (κ2) is 5.42. The molecule has 4 heteroatoms. The van der Waals surface area contributed by atoms with Crippen molar-refractivity contribution < 1.29 is 0 Å². The number of aromatic nitrogens is 1. The molecule has 2 rings (SSSR count). The molecule has 0 spiro atoms. The van der Waals surface area contributed by atoms with Crippen molar-refractivity contribution in [2.24, 2.45) is 0 Å². The van der Waals surface area contributed by atoms with E-state index in [1.165, 1.54) is 17.8 Å². The Labute approximate surface area is 101 Å². The molecule has 1 aromatic heterocycles. The number of hydrogen-bond donors (Lipinski definition) is 1. The molecular weight excluding hydrogens is 218 g/mol. The van der Waals surface area contributed by atoms with Gasteiger partial charge in [0.2, 0.25) is 0 Å². The second-order valence-corrected chi connectivity index (χ2v) is 5.19. The predicted octanol–water partition coefficient (Wildman–Crippen LogP) is 2.80. The quantitative estimate of drug-likeness (QED) is 0.824. The number of rotatable bonds is 6. The van der Waals surface area contributed by atoms with Gasteiger partial charge in [-0.1, -0.05) is 6.92 Å². The third-order valence-corrected chi connectivity index (χ3v) is 3.95. The highest BCUT2D eigenvalue weighted by Crippen LogP contribution is 2.41. The van der Waals surface area contributed by atoms with E-state index in [2.05, 4.69) is 28.7 Å². The van der Waals surface area contributed by atoms with Gasteiger partial charge in [-0.3, -0.25) is 0 Å². The topological polar surface area (TPSA) is 48.7 Å². The Bertz CT molecular complexity index is 376. The van der Waals surface area contributed by atoms with Crippen LogP contribution in [0.1, 0.15) is 49.2 Å². The van der Waals surface area contributed by atoms with Crippen molar-refractivity contribution in [1.82, 2.24) is 10.3 Å². The summed E-state index contributed by atoms with van der Waals surface area (Å²) in [6, 6.07) is 2.51. The van der Waals surface area contributed by atoms with Crippen molar-refractivity contribution in [1.29, 1.82) is 5.26 Å². The van der Waals surface area contributed by atoms with E-state index in [1.807, 2.05) is 0 Å². The zero-order valence-corrected chi connectivity index (χ0v) is 10.4. The van der Waals surface area contributed by atoms with Crippen molar-refractivity contribution >= 4 is 11.3 Å². The van der Waals surface area contributed by atoms with E-state index in [4.69, 9.17) is 5.26 Å².